The average molecular weight is 288 g/mol. The summed E-state index contributed by atoms with van der Waals surface area (Å²) in [6.07, 6.45) is 1.99. The Labute approximate surface area is 124 Å². The van der Waals surface area contributed by atoms with Gasteiger partial charge in [-0.25, -0.2) is 4.39 Å². The summed E-state index contributed by atoms with van der Waals surface area (Å²) in [5.74, 6) is -0.157. The highest BCUT2D eigenvalue weighted by atomic mass is 19.1. The van der Waals surface area contributed by atoms with E-state index >= 15 is 0 Å². The largest absolute Gasteiger partial charge is 0.354 e. The van der Waals surface area contributed by atoms with E-state index in [9.17, 15) is 9.18 Å². The Morgan fingerprint density at radius 1 is 1.29 bits per heavy atom. The van der Waals surface area contributed by atoms with Crippen LogP contribution in [0.1, 0.15) is 46.9 Å². The summed E-state index contributed by atoms with van der Waals surface area (Å²) in [6.45, 7) is 7.73. The average Bonchev–Trinajstić information content (AvgIpc) is 2.70. The molecule has 112 valence electrons. The van der Waals surface area contributed by atoms with Crippen molar-refractivity contribution in [2.45, 2.75) is 33.6 Å². The molecule has 0 spiro atoms. The van der Waals surface area contributed by atoms with Gasteiger partial charge in [0.05, 0.1) is 5.56 Å². The first kappa shape index (κ1) is 15.3. The molecule has 0 saturated heterocycles. The molecule has 4 heteroatoms. The molecule has 0 aliphatic rings. The minimum atomic E-state index is -0.272. The number of hydrogen-bond donors (Lipinski definition) is 1. The van der Waals surface area contributed by atoms with Crippen LogP contribution in [0.4, 0.5) is 10.1 Å². The molecule has 3 nitrogen and oxygen atoms in total. The molecule has 1 amide bonds. The minimum absolute atomic E-state index is 0.150. The summed E-state index contributed by atoms with van der Waals surface area (Å²) in [4.78, 5) is 12.6. The number of benzene rings is 1. The monoisotopic (exact) mass is 288 g/mol. The number of nitrogens with one attached hydrogen (secondary N) is 1. The molecule has 0 aliphatic carbocycles. The fourth-order valence-electron chi connectivity index (χ4n) is 2.40. The van der Waals surface area contributed by atoms with Gasteiger partial charge in [-0.1, -0.05) is 13.8 Å². The second-order valence-corrected chi connectivity index (χ2v) is 5.73. The van der Waals surface area contributed by atoms with Crippen LogP contribution in [0.15, 0.2) is 24.4 Å². The summed E-state index contributed by atoms with van der Waals surface area (Å²) in [7, 11) is 1.93. The van der Waals surface area contributed by atoms with Crippen LogP contribution in [0.25, 0.3) is 0 Å². The van der Waals surface area contributed by atoms with Crippen molar-refractivity contribution in [3.8, 4) is 0 Å². The lowest BCUT2D eigenvalue weighted by atomic mass is 10.00. The van der Waals surface area contributed by atoms with Gasteiger partial charge in [0.25, 0.3) is 5.91 Å². The number of hydrogen-bond acceptors (Lipinski definition) is 1. The van der Waals surface area contributed by atoms with Crippen LogP contribution in [0.5, 0.6) is 0 Å². The first-order valence-corrected chi connectivity index (χ1v) is 7.04. The first-order chi connectivity index (χ1) is 9.81. The van der Waals surface area contributed by atoms with Gasteiger partial charge in [0.1, 0.15) is 5.82 Å². The summed E-state index contributed by atoms with van der Waals surface area (Å²) in [6, 6.07) is 4.58. The lowest BCUT2D eigenvalue weighted by Crippen LogP contribution is -2.15. The number of aryl methyl sites for hydroxylation is 2. The van der Waals surface area contributed by atoms with E-state index in [1.54, 1.807) is 19.1 Å². The maximum absolute atomic E-state index is 13.3. The van der Waals surface area contributed by atoms with Gasteiger partial charge in [0.2, 0.25) is 0 Å². The lowest BCUT2D eigenvalue weighted by molar-refractivity contribution is 0.102. The van der Waals surface area contributed by atoms with E-state index in [2.05, 4.69) is 19.2 Å². The normalized spacial score (nSPS) is 11.0. The van der Waals surface area contributed by atoms with Crippen molar-refractivity contribution >= 4 is 11.6 Å². The number of halogens is 1. The molecule has 0 fully saturated rings. The van der Waals surface area contributed by atoms with Crippen LogP contribution < -0.4 is 5.32 Å². The highest BCUT2D eigenvalue weighted by Gasteiger charge is 2.20. The van der Waals surface area contributed by atoms with E-state index < -0.39 is 0 Å². The van der Waals surface area contributed by atoms with Crippen molar-refractivity contribution in [2.75, 3.05) is 5.32 Å². The lowest BCUT2D eigenvalue weighted by Gasteiger charge is -2.10. The second kappa shape index (κ2) is 5.72. The Morgan fingerprint density at radius 3 is 2.52 bits per heavy atom. The number of nitrogens with zero attached hydrogens (tertiary/aromatic N) is 1. The molecule has 0 unspecified atom stereocenters. The third-order valence-corrected chi connectivity index (χ3v) is 3.78. The predicted molar refractivity (Wildman–Crippen MR) is 83.3 cm³/mol. The number of carbonyl (C=O) groups excluding carboxylic acids is 1. The topological polar surface area (TPSA) is 34.0 Å². The maximum Gasteiger partial charge on any atom is 0.257 e. The van der Waals surface area contributed by atoms with Crippen LogP contribution in [0.3, 0.4) is 0 Å². The molecule has 0 bridgehead atoms. The highest BCUT2D eigenvalue weighted by Crippen LogP contribution is 2.25. The van der Waals surface area contributed by atoms with Gasteiger partial charge in [-0.3, -0.25) is 4.79 Å². The fourth-order valence-corrected chi connectivity index (χ4v) is 2.40. The molecular formula is C17H21FN2O. The smallest absolute Gasteiger partial charge is 0.257 e. The Balaban J connectivity index is 2.34. The van der Waals surface area contributed by atoms with Crippen LogP contribution >= 0.6 is 0 Å². The molecule has 0 aliphatic heterocycles. The van der Waals surface area contributed by atoms with E-state index in [1.165, 1.54) is 6.07 Å². The van der Waals surface area contributed by atoms with Gasteiger partial charge in [-0.05, 0) is 49.1 Å². The zero-order valence-corrected chi connectivity index (χ0v) is 13.1. The molecular weight excluding hydrogens is 267 g/mol. The van der Waals surface area contributed by atoms with Gasteiger partial charge in [-0.2, -0.15) is 0 Å². The summed E-state index contributed by atoms with van der Waals surface area (Å²) < 4.78 is 15.2. The standard InChI is InChI=1S/C17H21FN2O/c1-10(2)14-9-20(5)12(4)16(14)17(21)19-13-6-7-15(18)11(3)8-13/h6-10H,1-5H3,(H,19,21). The molecule has 1 N–H and O–H groups in total. The van der Waals surface area contributed by atoms with Crippen molar-refractivity contribution < 1.29 is 9.18 Å². The Hall–Kier alpha value is -2.10. The third-order valence-electron chi connectivity index (χ3n) is 3.78. The van der Waals surface area contributed by atoms with Crippen molar-refractivity contribution in [1.29, 1.82) is 0 Å². The SMILES string of the molecule is Cc1cc(NC(=O)c2c(C(C)C)cn(C)c2C)ccc1F. The molecule has 0 saturated carbocycles. The van der Waals surface area contributed by atoms with Crippen molar-refractivity contribution in [2.24, 2.45) is 7.05 Å². The van der Waals surface area contributed by atoms with Crippen LogP contribution in [0.2, 0.25) is 0 Å². The van der Waals surface area contributed by atoms with Crippen molar-refractivity contribution in [3.05, 3.63) is 52.6 Å². The molecule has 2 rings (SSSR count). The van der Waals surface area contributed by atoms with E-state index in [4.69, 9.17) is 0 Å². The molecule has 0 radical (unpaired) electrons. The van der Waals surface area contributed by atoms with E-state index in [0.29, 0.717) is 16.8 Å². The van der Waals surface area contributed by atoms with E-state index in [-0.39, 0.29) is 17.6 Å². The van der Waals surface area contributed by atoms with Crippen molar-refractivity contribution in [1.82, 2.24) is 4.57 Å². The molecule has 2 aromatic rings. The summed E-state index contributed by atoms with van der Waals surface area (Å²) >= 11 is 0. The quantitative estimate of drug-likeness (QED) is 0.904. The Morgan fingerprint density at radius 2 is 1.95 bits per heavy atom. The minimum Gasteiger partial charge on any atom is -0.354 e. The number of amides is 1. The number of carbonyl (C=O) groups is 1. The highest BCUT2D eigenvalue weighted by molar-refractivity contribution is 6.06. The zero-order valence-electron chi connectivity index (χ0n) is 13.1. The number of rotatable bonds is 3. The van der Waals surface area contributed by atoms with Crippen LogP contribution in [-0.2, 0) is 7.05 Å². The summed E-state index contributed by atoms with van der Waals surface area (Å²) in [5, 5.41) is 2.86. The van der Waals surface area contributed by atoms with Crippen molar-refractivity contribution in [3.63, 3.8) is 0 Å². The second-order valence-electron chi connectivity index (χ2n) is 5.73. The van der Waals surface area contributed by atoms with Gasteiger partial charge in [0, 0.05) is 24.6 Å². The molecule has 1 heterocycles. The molecule has 1 aromatic heterocycles. The Bertz CT molecular complexity index is 686. The van der Waals surface area contributed by atoms with Gasteiger partial charge in [0.15, 0.2) is 0 Å². The number of aromatic nitrogens is 1. The fraction of sp³-hybridized carbons (Fsp3) is 0.353. The first-order valence-electron chi connectivity index (χ1n) is 7.04. The van der Waals surface area contributed by atoms with Crippen LogP contribution in [-0.4, -0.2) is 10.5 Å². The van der Waals surface area contributed by atoms with E-state index in [1.807, 2.05) is 24.7 Å². The van der Waals surface area contributed by atoms with Gasteiger partial charge < -0.3 is 9.88 Å². The maximum atomic E-state index is 13.3. The predicted octanol–water partition coefficient (Wildman–Crippen LogP) is 4.16. The van der Waals surface area contributed by atoms with Gasteiger partial charge in [-0.15, -0.1) is 0 Å². The number of anilines is 1. The summed E-state index contributed by atoms with van der Waals surface area (Å²) in [5.41, 5.74) is 3.77. The van der Waals surface area contributed by atoms with E-state index in [0.717, 1.165) is 11.3 Å². The van der Waals surface area contributed by atoms with Crippen LogP contribution in [0, 0.1) is 19.7 Å². The molecule has 0 atom stereocenters. The Kier molecular flexibility index (Phi) is 4.16. The molecule has 1 aromatic carbocycles. The third kappa shape index (κ3) is 2.99. The molecule has 21 heavy (non-hydrogen) atoms. The van der Waals surface area contributed by atoms with Gasteiger partial charge >= 0.3 is 0 Å². The zero-order chi connectivity index (χ0) is 15.7.